The van der Waals surface area contributed by atoms with Crippen LogP contribution in [0.2, 0.25) is 0 Å². The highest BCUT2D eigenvalue weighted by atomic mass is 19.4. The predicted octanol–water partition coefficient (Wildman–Crippen LogP) is 6.35. The van der Waals surface area contributed by atoms with Gasteiger partial charge in [-0.05, 0) is 62.2 Å². The molecule has 0 nitrogen and oxygen atoms in total. The summed E-state index contributed by atoms with van der Waals surface area (Å²) in [7, 11) is 0. The molecule has 2 fully saturated rings. The van der Waals surface area contributed by atoms with Gasteiger partial charge < -0.3 is 0 Å². The van der Waals surface area contributed by atoms with Crippen LogP contribution in [0.3, 0.4) is 0 Å². The topological polar surface area (TPSA) is 0 Å². The summed E-state index contributed by atoms with van der Waals surface area (Å²) >= 11 is 0. The molecule has 2 aliphatic carbocycles. The minimum absolute atomic E-state index is 0.0947. The molecule has 2 aliphatic rings. The number of hydrogen-bond donors (Lipinski definition) is 0. The fourth-order valence-electron chi connectivity index (χ4n) is 4.55. The third kappa shape index (κ3) is 4.96. The summed E-state index contributed by atoms with van der Waals surface area (Å²) in [4.78, 5) is 0. The summed E-state index contributed by atoms with van der Waals surface area (Å²) in [5.41, 5.74) is 0. The summed E-state index contributed by atoms with van der Waals surface area (Å²) in [5.74, 6) is 2.37. The van der Waals surface area contributed by atoms with Crippen LogP contribution in [0.15, 0.2) is 0 Å². The zero-order valence-electron chi connectivity index (χ0n) is 12.7. The van der Waals surface area contributed by atoms with E-state index in [1.807, 2.05) is 0 Å². The molecule has 0 radical (unpaired) electrons. The molecule has 0 N–H and O–H groups in total. The van der Waals surface area contributed by atoms with Gasteiger partial charge in [0.15, 0.2) is 0 Å². The zero-order chi connectivity index (χ0) is 14.6. The van der Waals surface area contributed by atoms with Crippen LogP contribution in [0.1, 0.15) is 77.6 Å². The molecule has 0 atom stereocenters. The SMILES string of the molecule is CCCC1CCC(C2CCC(CC(F)(F)F)CC2)CC1. The number of alkyl halides is 3. The van der Waals surface area contributed by atoms with Gasteiger partial charge in [0.1, 0.15) is 0 Å². The first-order chi connectivity index (χ1) is 9.48. The van der Waals surface area contributed by atoms with Gasteiger partial charge >= 0.3 is 6.18 Å². The van der Waals surface area contributed by atoms with E-state index in [0.29, 0.717) is 0 Å². The molecule has 20 heavy (non-hydrogen) atoms. The van der Waals surface area contributed by atoms with Crippen LogP contribution in [-0.4, -0.2) is 6.18 Å². The van der Waals surface area contributed by atoms with Crippen molar-refractivity contribution >= 4 is 0 Å². The highest BCUT2D eigenvalue weighted by Crippen LogP contribution is 2.44. The van der Waals surface area contributed by atoms with Crippen LogP contribution >= 0.6 is 0 Å². The van der Waals surface area contributed by atoms with Crippen LogP contribution in [0.5, 0.6) is 0 Å². The van der Waals surface area contributed by atoms with Gasteiger partial charge in [-0.2, -0.15) is 13.2 Å². The molecule has 0 aliphatic heterocycles. The Hall–Kier alpha value is -0.210. The average molecular weight is 290 g/mol. The summed E-state index contributed by atoms with van der Waals surface area (Å²) in [6, 6.07) is 0. The zero-order valence-corrected chi connectivity index (χ0v) is 12.7. The van der Waals surface area contributed by atoms with E-state index in [1.54, 1.807) is 0 Å². The van der Waals surface area contributed by atoms with Crippen LogP contribution in [0.4, 0.5) is 13.2 Å². The van der Waals surface area contributed by atoms with Crippen LogP contribution < -0.4 is 0 Å². The molecular formula is C17H29F3. The monoisotopic (exact) mass is 290 g/mol. The second kappa shape index (κ2) is 7.17. The van der Waals surface area contributed by atoms with Crippen molar-refractivity contribution in [3.8, 4) is 0 Å². The molecule has 0 aromatic carbocycles. The largest absolute Gasteiger partial charge is 0.389 e. The number of rotatable bonds is 4. The van der Waals surface area contributed by atoms with Crippen LogP contribution in [0.25, 0.3) is 0 Å². The Morgan fingerprint density at radius 2 is 1.20 bits per heavy atom. The Balaban J connectivity index is 1.69. The van der Waals surface area contributed by atoms with E-state index < -0.39 is 12.6 Å². The molecule has 0 spiro atoms. The molecule has 118 valence electrons. The summed E-state index contributed by atoms with van der Waals surface area (Å²) in [6.45, 7) is 2.26. The minimum atomic E-state index is -3.96. The Kier molecular flexibility index (Phi) is 5.80. The van der Waals surface area contributed by atoms with Crippen LogP contribution in [0, 0.1) is 23.7 Å². The summed E-state index contributed by atoms with van der Waals surface area (Å²) in [5, 5.41) is 0. The lowest BCUT2D eigenvalue weighted by molar-refractivity contribution is -0.147. The van der Waals surface area contributed by atoms with Crippen LogP contribution in [-0.2, 0) is 0 Å². The van der Waals surface area contributed by atoms with Gasteiger partial charge in [0.2, 0.25) is 0 Å². The van der Waals surface area contributed by atoms with E-state index in [0.717, 1.165) is 43.4 Å². The van der Waals surface area contributed by atoms with Gasteiger partial charge in [0, 0.05) is 6.42 Å². The van der Waals surface area contributed by atoms with Gasteiger partial charge in [-0.1, -0.05) is 32.6 Å². The Labute approximate surface area is 121 Å². The number of halogens is 3. The molecule has 3 heteroatoms. The minimum Gasteiger partial charge on any atom is -0.171 e. The quantitative estimate of drug-likeness (QED) is 0.565. The average Bonchev–Trinajstić information content (AvgIpc) is 2.39. The second-order valence-electron chi connectivity index (χ2n) is 7.17. The fourth-order valence-corrected chi connectivity index (χ4v) is 4.55. The van der Waals surface area contributed by atoms with Gasteiger partial charge in [-0.15, -0.1) is 0 Å². The van der Waals surface area contributed by atoms with Crippen molar-refractivity contribution in [2.45, 2.75) is 83.7 Å². The molecule has 0 aromatic heterocycles. The van der Waals surface area contributed by atoms with E-state index in [-0.39, 0.29) is 5.92 Å². The van der Waals surface area contributed by atoms with Gasteiger partial charge in [-0.25, -0.2) is 0 Å². The van der Waals surface area contributed by atoms with E-state index in [4.69, 9.17) is 0 Å². The Morgan fingerprint density at radius 1 is 0.750 bits per heavy atom. The first-order valence-corrected chi connectivity index (χ1v) is 8.54. The van der Waals surface area contributed by atoms with Gasteiger partial charge in [-0.3, -0.25) is 0 Å². The standard InChI is InChI=1S/C17H29F3/c1-2-3-13-4-8-15(9-5-13)16-10-6-14(7-11-16)12-17(18,19)20/h13-16H,2-12H2,1H3. The Morgan fingerprint density at radius 3 is 1.60 bits per heavy atom. The number of hydrogen-bond acceptors (Lipinski definition) is 0. The van der Waals surface area contributed by atoms with E-state index >= 15 is 0 Å². The van der Waals surface area contributed by atoms with Crippen molar-refractivity contribution in [3.63, 3.8) is 0 Å². The lowest BCUT2D eigenvalue weighted by Gasteiger charge is -2.38. The molecule has 0 unspecified atom stereocenters. The molecule has 0 saturated heterocycles. The maximum Gasteiger partial charge on any atom is 0.389 e. The first kappa shape index (κ1) is 16.2. The van der Waals surface area contributed by atoms with Crippen molar-refractivity contribution in [1.29, 1.82) is 0 Å². The molecular weight excluding hydrogens is 261 g/mol. The van der Waals surface area contributed by atoms with Crippen molar-refractivity contribution in [2.24, 2.45) is 23.7 Å². The highest BCUT2D eigenvalue weighted by molar-refractivity contribution is 4.82. The lowest BCUT2D eigenvalue weighted by Crippen LogP contribution is -2.27. The maximum absolute atomic E-state index is 12.4. The molecule has 0 heterocycles. The van der Waals surface area contributed by atoms with E-state index in [9.17, 15) is 13.2 Å². The van der Waals surface area contributed by atoms with Crippen molar-refractivity contribution < 1.29 is 13.2 Å². The first-order valence-electron chi connectivity index (χ1n) is 8.54. The van der Waals surface area contributed by atoms with Crippen molar-refractivity contribution in [1.82, 2.24) is 0 Å². The molecule has 0 aromatic rings. The maximum atomic E-state index is 12.4. The van der Waals surface area contributed by atoms with Crippen molar-refractivity contribution in [3.05, 3.63) is 0 Å². The highest BCUT2D eigenvalue weighted by Gasteiger charge is 2.36. The molecule has 0 bridgehead atoms. The second-order valence-corrected chi connectivity index (χ2v) is 7.17. The smallest absolute Gasteiger partial charge is 0.171 e. The van der Waals surface area contributed by atoms with Gasteiger partial charge in [0.05, 0.1) is 0 Å². The normalized spacial score (nSPS) is 36.0. The molecule has 0 amide bonds. The van der Waals surface area contributed by atoms with Crippen molar-refractivity contribution in [2.75, 3.05) is 0 Å². The molecule has 2 rings (SSSR count). The fraction of sp³-hybridized carbons (Fsp3) is 1.00. The Bertz CT molecular complexity index is 268. The lowest BCUT2D eigenvalue weighted by atomic mass is 9.68. The predicted molar refractivity (Wildman–Crippen MR) is 76.5 cm³/mol. The summed E-state index contributed by atoms with van der Waals surface area (Å²) < 4.78 is 37.2. The third-order valence-corrected chi connectivity index (χ3v) is 5.67. The summed E-state index contributed by atoms with van der Waals surface area (Å²) in [6.07, 6.45) is 7.23. The molecule has 2 saturated carbocycles. The van der Waals surface area contributed by atoms with E-state index in [1.165, 1.54) is 38.5 Å². The van der Waals surface area contributed by atoms with Gasteiger partial charge in [0.25, 0.3) is 0 Å². The third-order valence-electron chi connectivity index (χ3n) is 5.67. The van der Waals surface area contributed by atoms with E-state index in [2.05, 4.69) is 6.92 Å².